The summed E-state index contributed by atoms with van der Waals surface area (Å²) in [4.78, 5) is 0. The third-order valence-corrected chi connectivity index (χ3v) is 4.38. The van der Waals surface area contributed by atoms with Crippen molar-refractivity contribution in [3.05, 3.63) is 35.6 Å². The van der Waals surface area contributed by atoms with Gasteiger partial charge in [0.1, 0.15) is 11.3 Å². The van der Waals surface area contributed by atoms with Crippen molar-refractivity contribution in [3.8, 4) is 0 Å². The maximum atomic E-state index is 5.77. The van der Waals surface area contributed by atoms with Crippen LogP contribution in [0.4, 0.5) is 0 Å². The Labute approximate surface area is 129 Å². The molecule has 0 aliphatic heterocycles. The van der Waals surface area contributed by atoms with Crippen LogP contribution in [0, 0.1) is 11.8 Å². The molecule has 0 bridgehead atoms. The van der Waals surface area contributed by atoms with Gasteiger partial charge in [0.15, 0.2) is 0 Å². The van der Waals surface area contributed by atoms with Crippen molar-refractivity contribution in [1.29, 1.82) is 0 Å². The van der Waals surface area contributed by atoms with E-state index in [4.69, 9.17) is 4.42 Å². The summed E-state index contributed by atoms with van der Waals surface area (Å²) in [6, 6.07) is 8.85. The molecular formula is C20H30O. The first-order valence-corrected chi connectivity index (χ1v) is 8.59. The molecule has 1 unspecified atom stereocenters. The van der Waals surface area contributed by atoms with Crippen LogP contribution in [0.1, 0.15) is 64.7 Å². The Morgan fingerprint density at radius 2 is 1.81 bits per heavy atom. The Kier molecular flexibility index (Phi) is 5.90. The van der Waals surface area contributed by atoms with E-state index in [2.05, 4.69) is 52.0 Å². The van der Waals surface area contributed by atoms with E-state index >= 15 is 0 Å². The SMILES string of the molecule is CCc1cc2cc(CCC(C)CCCC(C)C)ccc2o1. The van der Waals surface area contributed by atoms with Gasteiger partial charge >= 0.3 is 0 Å². The highest BCUT2D eigenvalue weighted by Crippen LogP contribution is 2.23. The van der Waals surface area contributed by atoms with Crippen LogP contribution in [0.15, 0.2) is 28.7 Å². The summed E-state index contributed by atoms with van der Waals surface area (Å²) in [5.41, 5.74) is 2.47. The lowest BCUT2D eigenvalue weighted by Crippen LogP contribution is -1.99. The first kappa shape index (κ1) is 16.1. The fourth-order valence-electron chi connectivity index (χ4n) is 2.91. The van der Waals surface area contributed by atoms with Gasteiger partial charge in [0.25, 0.3) is 0 Å². The highest BCUT2D eigenvalue weighted by atomic mass is 16.3. The molecule has 116 valence electrons. The van der Waals surface area contributed by atoms with E-state index < -0.39 is 0 Å². The van der Waals surface area contributed by atoms with E-state index in [0.717, 1.165) is 29.6 Å². The van der Waals surface area contributed by atoms with Crippen molar-refractivity contribution in [1.82, 2.24) is 0 Å². The summed E-state index contributed by atoms with van der Waals surface area (Å²) in [6.07, 6.45) is 7.56. The van der Waals surface area contributed by atoms with Gasteiger partial charge in [-0.2, -0.15) is 0 Å². The van der Waals surface area contributed by atoms with Crippen molar-refractivity contribution in [2.45, 2.75) is 66.2 Å². The second kappa shape index (κ2) is 7.68. The zero-order valence-corrected chi connectivity index (χ0v) is 14.1. The highest BCUT2D eigenvalue weighted by molar-refractivity contribution is 5.78. The fourth-order valence-corrected chi connectivity index (χ4v) is 2.91. The molecule has 1 heteroatoms. The molecule has 1 aromatic heterocycles. The van der Waals surface area contributed by atoms with E-state index in [0.29, 0.717) is 0 Å². The minimum atomic E-state index is 0.829. The Hall–Kier alpha value is -1.24. The predicted octanol–water partition coefficient (Wildman–Crippen LogP) is 6.39. The average molecular weight is 286 g/mol. The van der Waals surface area contributed by atoms with Crippen LogP contribution in [-0.4, -0.2) is 0 Å². The summed E-state index contributed by atoms with van der Waals surface area (Å²) < 4.78 is 5.77. The summed E-state index contributed by atoms with van der Waals surface area (Å²) in [5, 5.41) is 1.26. The largest absolute Gasteiger partial charge is 0.461 e. The zero-order chi connectivity index (χ0) is 15.2. The second-order valence-corrected chi connectivity index (χ2v) is 6.91. The van der Waals surface area contributed by atoms with Crippen LogP contribution in [-0.2, 0) is 12.8 Å². The second-order valence-electron chi connectivity index (χ2n) is 6.91. The lowest BCUT2D eigenvalue weighted by atomic mass is 9.94. The van der Waals surface area contributed by atoms with Crippen LogP contribution in [0.25, 0.3) is 11.0 Å². The maximum Gasteiger partial charge on any atom is 0.134 e. The summed E-state index contributed by atoms with van der Waals surface area (Å²) in [7, 11) is 0. The van der Waals surface area contributed by atoms with E-state index in [9.17, 15) is 0 Å². The molecule has 0 amide bonds. The van der Waals surface area contributed by atoms with Crippen molar-refractivity contribution < 1.29 is 4.42 Å². The van der Waals surface area contributed by atoms with Crippen molar-refractivity contribution >= 4 is 11.0 Å². The minimum absolute atomic E-state index is 0.829. The Morgan fingerprint density at radius 3 is 2.52 bits per heavy atom. The molecule has 0 spiro atoms. The quantitative estimate of drug-likeness (QED) is 0.548. The lowest BCUT2D eigenvalue weighted by molar-refractivity contribution is 0.437. The summed E-state index contributed by atoms with van der Waals surface area (Å²) in [5.74, 6) is 2.76. The molecule has 0 fully saturated rings. The fraction of sp³-hybridized carbons (Fsp3) is 0.600. The molecule has 0 N–H and O–H groups in total. The summed E-state index contributed by atoms with van der Waals surface area (Å²) >= 11 is 0. The first-order valence-electron chi connectivity index (χ1n) is 8.59. The van der Waals surface area contributed by atoms with Crippen molar-refractivity contribution in [2.75, 3.05) is 0 Å². The molecule has 1 nitrogen and oxygen atoms in total. The van der Waals surface area contributed by atoms with Gasteiger partial charge in [-0.25, -0.2) is 0 Å². The summed E-state index contributed by atoms with van der Waals surface area (Å²) in [6.45, 7) is 9.16. The van der Waals surface area contributed by atoms with E-state index in [-0.39, 0.29) is 0 Å². The lowest BCUT2D eigenvalue weighted by Gasteiger charge is -2.12. The smallest absolute Gasteiger partial charge is 0.134 e. The van der Waals surface area contributed by atoms with Gasteiger partial charge in [-0.05, 0) is 48.4 Å². The van der Waals surface area contributed by atoms with Gasteiger partial charge in [0.2, 0.25) is 0 Å². The van der Waals surface area contributed by atoms with E-state index in [1.165, 1.54) is 43.1 Å². The number of furan rings is 1. The van der Waals surface area contributed by atoms with Crippen molar-refractivity contribution in [2.24, 2.45) is 11.8 Å². The van der Waals surface area contributed by atoms with Crippen LogP contribution < -0.4 is 0 Å². The molecule has 1 aromatic carbocycles. The molecule has 1 heterocycles. The molecule has 0 aliphatic rings. The number of rotatable bonds is 8. The average Bonchev–Trinajstić information content (AvgIpc) is 2.87. The van der Waals surface area contributed by atoms with E-state index in [1.54, 1.807) is 0 Å². The number of benzene rings is 1. The molecule has 1 atom stereocenters. The molecular weight excluding hydrogens is 256 g/mol. The highest BCUT2D eigenvalue weighted by Gasteiger charge is 2.06. The normalized spacial score (nSPS) is 13.2. The Morgan fingerprint density at radius 1 is 1.00 bits per heavy atom. The van der Waals surface area contributed by atoms with Gasteiger partial charge in [-0.15, -0.1) is 0 Å². The zero-order valence-electron chi connectivity index (χ0n) is 14.1. The Balaban J connectivity index is 1.85. The monoisotopic (exact) mass is 286 g/mol. The Bertz CT molecular complexity index is 550. The molecule has 2 rings (SSSR count). The maximum absolute atomic E-state index is 5.77. The van der Waals surface area contributed by atoms with Gasteiger partial charge in [-0.3, -0.25) is 0 Å². The predicted molar refractivity (Wildman–Crippen MR) is 91.8 cm³/mol. The first-order chi connectivity index (χ1) is 10.1. The molecule has 0 saturated carbocycles. The third kappa shape index (κ3) is 4.91. The van der Waals surface area contributed by atoms with Gasteiger partial charge in [0.05, 0.1) is 0 Å². The van der Waals surface area contributed by atoms with Gasteiger partial charge < -0.3 is 4.42 Å². The van der Waals surface area contributed by atoms with Gasteiger partial charge in [-0.1, -0.05) is 53.0 Å². The molecule has 0 radical (unpaired) electrons. The van der Waals surface area contributed by atoms with E-state index in [1.807, 2.05) is 0 Å². The van der Waals surface area contributed by atoms with Crippen LogP contribution in [0.5, 0.6) is 0 Å². The van der Waals surface area contributed by atoms with Crippen LogP contribution in [0.3, 0.4) is 0 Å². The minimum Gasteiger partial charge on any atom is -0.461 e. The topological polar surface area (TPSA) is 13.1 Å². The standard InChI is InChI=1S/C20H30O/c1-5-19-14-18-13-17(11-12-20(18)21-19)10-9-16(4)8-6-7-15(2)3/h11-16H,5-10H2,1-4H3. The van der Waals surface area contributed by atoms with Crippen LogP contribution in [0.2, 0.25) is 0 Å². The third-order valence-electron chi connectivity index (χ3n) is 4.38. The number of hydrogen-bond acceptors (Lipinski definition) is 1. The molecule has 2 aromatic rings. The van der Waals surface area contributed by atoms with Gasteiger partial charge in [0, 0.05) is 11.8 Å². The molecule has 0 saturated heterocycles. The number of hydrogen-bond donors (Lipinski definition) is 0. The number of fused-ring (bicyclic) bond motifs is 1. The molecule has 21 heavy (non-hydrogen) atoms. The van der Waals surface area contributed by atoms with Crippen molar-refractivity contribution in [3.63, 3.8) is 0 Å². The molecule has 0 aliphatic carbocycles. The van der Waals surface area contributed by atoms with Crippen LogP contribution >= 0.6 is 0 Å². The number of aryl methyl sites for hydroxylation is 2.